The van der Waals surface area contributed by atoms with Crippen LogP contribution in [0, 0.1) is 0 Å². The molecular weight excluding hydrogens is 172 g/mol. The quantitative estimate of drug-likeness (QED) is 0.508. The van der Waals surface area contributed by atoms with Crippen LogP contribution in [0.2, 0.25) is 0 Å². The van der Waals surface area contributed by atoms with E-state index in [0.29, 0.717) is 13.1 Å². The van der Waals surface area contributed by atoms with Crippen LogP contribution < -0.4 is 5.32 Å². The molecule has 0 bridgehead atoms. The molecule has 6 heteroatoms. The minimum Gasteiger partial charge on any atom is -0.394 e. The van der Waals surface area contributed by atoms with Gasteiger partial charge in [0.15, 0.2) is 0 Å². The third-order valence-electron chi connectivity index (χ3n) is 1.68. The Kier molecular flexibility index (Phi) is 3.81. The van der Waals surface area contributed by atoms with E-state index in [0.717, 1.165) is 5.82 Å². The van der Waals surface area contributed by atoms with Crippen LogP contribution in [-0.2, 0) is 13.6 Å². The molecule has 0 spiro atoms. The maximum absolute atomic E-state index is 9.00. The van der Waals surface area contributed by atoms with Crippen molar-refractivity contribution in [1.82, 2.24) is 20.1 Å². The van der Waals surface area contributed by atoms with Gasteiger partial charge in [-0.25, -0.2) is 0 Å². The normalized spacial score (nSPS) is 13.2. The fourth-order valence-electron chi connectivity index (χ4n) is 0.882. The topological polar surface area (TPSA) is 83.2 Å². The Morgan fingerprint density at radius 3 is 3.00 bits per heavy atom. The smallest absolute Gasteiger partial charge is 0.146 e. The molecule has 1 atom stereocenters. The molecule has 6 nitrogen and oxygen atoms in total. The van der Waals surface area contributed by atoms with Crippen molar-refractivity contribution in [3.63, 3.8) is 0 Å². The van der Waals surface area contributed by atoms with E-state index in [-0.39, 0.29) is 6.61 Å². The molecule has 0 saturated carbocycles. The lowest BCUT2D eigenvalue weighted by Gasteiger charge is -2.07. The van der Waals surface area contributed by atoms with Gasteiger partial charge in [-0.05, 0) is 0 Å². The largest absolute Gasteiger partial charge is 0.394 e. The van der Waals surface area contributed by atoms with Crippen molar-refractivity contribution in [2.45, 2.75) is 12.6 Å². The molecular formula is C7H14N4O2. The van der Waals surface area contributed by atoms with E-state index < -0.39 is 6.10 Å². The van der Waals surface area contributed by atoms with Gasteiger partial charge in [-0.1, -0.05) is 0 Å². The molecule has 13 heavy (non-hydrogen) atoms. The molecule has 1 heterocycles. The van der Waals surface area contributed by atoms with Crippen molar-refractivity contribution >= 4 is 0 Å². The van der Waals surface area contributed by atoms with Crippen LogP contribution in [0.1, 0.15) is 5.82 Å². The Bertz CT molecular complexity index is 250. The van der Waals surface area contributed by atoms with Gasteiger partial charge in [0.2, 0.25) is 0 Å². The van der Waals surface area contributed by atoms with Crippen molar-refractivity contribution in [3.05, 3.63) is 12.2 Å². The van der Waals surface area contributed by atoms with Crippen molar-refractivity contribution < 1.29 is 10.2 Å². The van der Waals surface area contributed by atoms with Crippen molar-refractivity contribution in [3.8, 4) is 0 Å². The average molecular weight is 186 g/mol. The van der Waals surface area contributed by atoms with Gasteiger partial charge in [-0.15, -0.1) is 10.2 Å². The van der Waals surface area contributed by atoms with Crippen LogP contribution in [0.4, 0.5) is 0 Å². The van der Waals surface area contributed by atoms with Gasteiger partial charge in [0.25, 0.3) is 0 Å². The molecule has 0 aliphatic rings. The number of hydrogen-bond donors (Lipinski definition) is 3. The fourth-order valence-corrected chi connectivity index (χ4v) is 0.882. The standard InChI is InChI=1S/C7H14N4O2/c1-11-5-9-10-7(11)3-8-2-6(13)4-12/h5-6,8,12-13H,2-4H2,1H3. The molecule has 1 rings (SSSR count). The molecule has 0 radical (unpaired) electrons. The molecule has 1 unspecified atom stereocenters. The summed E-state index contributed by atoms with van der Waals surface area (Å²) in [7, 11) is 1.85. The van der Waals surface area contributed by atoms with Gasteiger partial charge in [0.05, 0.1) is 19.3 Å². The van der Waals surface area contributed by atoms with E-state index in [4.69, 9.17) is 10.2 Å². The zero-order valence-corrected chi connectivity index (χ0v) is 7.51. The van der Waals surface area contributed by atoms with Gasteiger partial charge in [0, 0.05) is 13.6 Å². The van der Waals surface area contributed by atoms with E-state index in [9.17, 15) is 0 Å². The molecule has 1 aromatic rings. The third-order valence-corrected chi connectivity index (χ3v) is 1.68. The summed E-state index contributed by atoms with van der Waals surface area (Å²) in [6.07, 6.45) is 0.896. The molecule has 0 aromatic carbocycles. The summed E-state index contributed by atoms with van der Waals surface area (Å²) in [5.41, 5.74) is 0. The number of rotatable bonds is 5. The summed E-state index contributed by atoms with van der Waals surface area (Å²) in [6.45, 7) is 0.655. The number of nitrogens with zero attached hydrogens (tertiary/aromatic N) is 3. The number of aromatic nitrogens is 3. The molecule has 0 aliphatic heterocycles. The summed E-state index contributed by atoms with van der Waals surface area (Å²) >= 11 is 0. The van der Waals surface area contributed by atoms with Gasteiger partial charge >= 0.3 is 0 Å². The number of aliphatic hydroxyl groups is 2. The van der Waals surface area contributed by atoms with E-state index >= 15 is 0 Å². The second-order valence-electron chi connectivity index (χ2n) is 2.83. The van der Waals surface area contributed by atoms with Crippen molar-refractivity contribution in [2.75, 3.05) is 13.2 Å². The second kappa shape index (κ2) is 4.90. The molecule has 0 fully saturated rings. The Morgan fingerprint density at radius 2 is 2.46 bits per heavy atom. The van der Waals surface area contributed by atoms with Gasteiger partial charge in [-0.2, -0.15) is 0 Å². The van der Waals surface area contributed by atoms with Crippen LogP contribution >= 0.6 is 0 Å². The summed E-state index contributed by atoms with van der Waals surface area (Å²) in [6, 6.07) is 0. The minimum absolute atomic E-state index is 0.230. The highest BCUT2D eigenvalue weighted by atomic mass is 16.3. The molecule has 1 aromatic heterocycles. The third kappa shape index (κ3) is 3.10. The van der Waals surface area contributed by atoms with E-state index in [1.807, 2.05) is 7.05 Å². The zero-order valence-electron chi connectivity index (χ0n) is 7.51. The van der Waals surface area contributed by atoms with E-state index in [2.05, 4.69) is 15.5 Å². The monoisotopic (exact) mass is 186 g/mol. The first-order valence-electron chi connectivity index (χ1n) is 4.06. The van der Waals surface area contributed by atoms with Crippen LogP contribution in [0.3, 0.4) is 0 Å². The van der Waals surface area contributed by atoms with Crippen LogP contribution in [0.15, 0.2) is 6.33 Å². The lowest BCUT2D eigenvalue weighted by atomic mass is 10.4. The van der Waals surface area contributed by atoms with E-state index in [1.54, 1.807) is 10.9 Å². The van der Waals surface area contributed by atoms with E-state index in [1.165, 1.54) is 0 Å². The van der Waals surface area contributed by atoms with Crippen molar-refractivity contribution in [1.29, 1.82) is 0 Å². The second-order valence-corrected chi connectivity index (χ2v) is 2.83. The predicted molar refractivity (Wildman–Crippen MR) is 45.8 cm³/mol. The highest BCUT2D eigenvalue weighted by Crippen LogP contribution is 1.89. The Balaban J connectivity index is 2.24. The molecule has 0 aliphatic carbocycles. The first-order chi connectivity index (χ1) is 6.24. The first kappa shape index (κ1) is 10.1. The number of aryl methyl sites for hydroxylation is 1. The lowest BCUT2D eigenvalue weighted by Crippen LogP contribution is -2.29. The maximum Gasteiger partial charge on any atom is 0.146 e. The van der Waals surface area contributed by atoms with Gasteiger partial charge < -0.3 is 20.1 Å². The average Bonchev–Trinajstić information content (AvgIpc) is 2.52. The highest BCUT2D eigenvalue weighted by Gasteiger charge is 2.03. The van der Waals surface area contributed by atoms with Crippen molar-refractivity contribution in [2.24, 2.45) is 7.05 Å². The highest BCUT2D eigenvalue weighted by molar-refractivity contribution is 4.83. The summed E-state index contributed by atoms with van der Waals surface area (Å²) in [5.74, 6) is 0.796. The summed E-state index contributed by atoms with van der Waals surface area (Å²) in [4.78, 5) is 0. The lowest BCUT2D eigenvalue weighted by molar-refractivity contribution is 0.0940. The Hall–Kier alpha value is -0.980. The Labute approximate surface area is 76.2 Å². The van der Waals surface area contributed by atoms with Gasteiger partial charge in [0.1, 0.15) is 12.2 Å². The Morgan fingerprint density at radius 1 is 1.69 bits per heavy atom. The number of nitrogens with one attached hydrogen (secondary N) is 1. The summed E-state index contributed by atoms with van der Waals surface area (Å²) in [5, 5.41) is 28.0. The maximum atomic E-state index is 9.00. The zero-order chi connectivity index (χ0) is 9.68. The van der Waals surface area contributed by atoms with Crippen LogP contribution in [-0.4, -0.2) is 44.2 Å². The summed E-state index contributed by atoms with van der Waals surface area (Å²) < 4.78 is 1.79. The molecule has 0 amide bonds. The van der Waals surface area contributed by atoms with Gasteiger partial charge in [-0.3, -0.25) is 0 Å². The van der Waals surface area contributed by atoms with Crippen LogP contribution in [0.25, 0.3) is 0 Å². The fraction of sp³-hybridized carbons (Fsp3) is 0.714. The number of hydrogen-bond acceptors (Lipinski definition) is 5. The predicted octanol–water partition coefficient (Wildman–Crippen LogP) is -1.74. The number of aliphatic hydroxyl groups excluding tert-OH is 2. The SMILES string of the molecule is Cn1cnnc1CNCC(O)CO. The molecule has 0 saturated heterocycles. The molecule has 3 N–H and O–H groups in total. The minimum atomic E-state index is -0.715. The van der Waals surface area contributed by atoms with Crippen LogP contribution in [0.5, 0.6) is 0 Å². The first-order valence-corrected chi connectivity index (χ1v) is 4.06. The molecule has 74 valence electrons.